The van der Waals surface area contributed by atoms with E-state index in [1.54, 1.807) is 11.1 Å². The Morgan fingerprint density at radius 2 is 1.57 bits per heavy atom. The third-order valence-corrected chi connectivity index (χ3v) is 5.01. The molecule has 1 aliphatic carbocycles. The second-order valence-electron chi connectivity index (χ2n) is 6.15. The number of nitrogens with zero attached hydrogens (tertiary/aromatic N) is 1. The fourth-order valence-electron chi connectivity index (χ4n) is 4.00. The van der Waals surface area contributed by atoms with Crippen LogP contribution in [0.2, 0.25) is 0 Å². The quantitative estimate of drug-likeness (QED) is 0.801. The van der Waals surface area contributed by atoms with Crippen LogP contribution in [0.1, 0.15) is 41.5 Å². The fourth-order valence-corrected chi connectivity index (χ4v) is 4.00. The van der Waals surface area contributed by atoms with Gasteiger partial charge in [0.25, 0.3) is 0 Å². The molecule has 2 heteroatoms. The molecule has 0 N–H and O–H groups in total. The lowest BCUT2D eigenvalue weighted by Crippen LogP contribution is -2.43. The van der Waals surface area contributed by atoms with E-state index in [2.05, 4.69) is 59.5 Å². The Labute approximate surface area is 133 Å². The topological polar surface area (TPSA) is 3.24 Å². The van der Waals surface area contributed by atoms with Gasteiger partial charge in [0, 0.05) is 19.1 Å². The van der Waals surface area contributed by atoms with E-state index in [4.69, 9.17) is 0 Å². The molecule has 1 saturated heterocycles. The van der Waals surface area contributed by atoms with Gasteiger partial charge in [0.2, 0.25) is 0 Å². The first kappa shape index (κ1) is 14.6. The normalized spacial score (nSPS) is 23.4. The second-order valence-corrected chi connectivity index (χ2v) is 6.15. The second kappa shape index (κ2) is 6.21. The smallest absolute Gasteiger partial charge is 0.0351 e. The molecule has 3 aliphatic rings. The summed E-state index contributed by atoms with van der Waals surface area (Å²) in [7, 11) is 0. The number of hydrogen-bond acceptors (Lipinski definition) is 1. The summed E-state index contributed by atoms with van der Waals surface area (Å²) in [6, 6.07) is 20.7. The lowest BCUT2D eigenvalue weighted by Gasteiger charge is -2.46. The Balaban J connectivity index is 0.00000132. The molecule has 0 saturated carbocycles. The van der Waals surface area contributed by atoms with Crippen molar-refractivity contribution in [1.29, 1.82) is 0 Å². The molecule has 0 aromatic heterocycles. The summed E-state index contributed by atoms with van der Waals surface area (Å²) >= 11 is 0. The zero-order chi connectivity index (χ0) is 13.4. The summed E-state index contributed by atoms with van der Waals surface area (Å²) < 4.78 is 0. The Hall–Kier alpha value is -1.31. The van der Waals surface area contributed by atoms with Crippen molar-refractivity contribution in [2.24, 2.45) is 0 Å². The van der Waals surface area contributed by atoms with Crippen LogP contribution in [0.25, 0.3) is 0 Å². The van der Waals surface area contributed by atoms with Crippen LogP contribution in [-0.4, -0.2) is 18.0 Å². The van der Waals surface area contributed by atoms with Crippen LogP contribution in [0.4, 0.5) is 0 Å². The van der Waals surface area contributed by atoms with Crippen molar-refractivity contribution in [2.75, 3.05) is 13.1 Å². The van der Waals surface area contributed by atoms with Crippen molar-refractivity contribution in [3.63, 3.8) is 0 Å². The molecule has 110 valence electrons. The van der Waals surface area contributed by atoms with Crippen molar-refractivity contribution in [2.45, 2.75) is 31.2 Å². The molecule has 0 spiro atoms. The van der Waals surface area contributed by atoms with Gasteiger partial charge in [0.1, 0.15) is 0 Å². The molecule has 2 aromatic carbocycles. The van der Waals surface area contributed by atoms with E-state index in [0.29, 0.717) is 6.04 Å². The lowest BCUT2D eigenvalue weighted by atomic mass is 9.75. The molecule has 2 heterocycles. The molecule has 2 bridgehead atoms. The fraction of sp³-hybridized carbons (Fsp3) is 0.368. The first-order valence-electron chi connectivity index (χ1n) is 7.78. The van der Waals surface area contributed by atoms with Crippen LogP contribution in [0, 0.1) is 0 Å². The van der Waals surface area contributed by atoms with Crippen molar-refractivity contribution in [1.82, 2.24) is 4.90 Å². The zero-order valence-electron chi connectivity index (χ0n) is 12.2. The molecule has 2 aromatic rings. The van der Waals surface area contributed by atoms with Gasteiger partial charge in [-0.1, -0.05) is 54.6 Å². The van der Waals surface area contributed by atoms with Crippen LogP contribution >= 0.6 is 12.4 Å². The van der Waals surface area contributed by atoms with Crippen molar-refractivity contribution in [3.05, 3.63) is 71.3 Å². The highest BCUT2D eigenvalue weighted by atomic mass is 35.5. The van der Waals surface area contributed by atoms with E-state index >= 15 is 0 Å². The third kappa shape index (κ3) is 2.73. The number of halogens is 1. The Bertz CT molecular complexity index is 596. The summed E-state index contributed by atoms with van der Waals surface area (Å²) in [5, 5.41) is 0. The maximum atomic E-state index is 2.71. The molecular weight excluding hydrogens is 278 g/mol. The molecule has 1 fully saturated rings. The minimum atomic E-state index is 0. The molecule has 21 heavy (non-hydrogen) atoms. The van der Waals surface area contributed by atoms with E-state index in [1.807, 2.05) is 0 Å². The van der Waals surface area contributed by atoms with Gasteiger partial charge in [-0.2, -0.15) is 0 Å². The monoisotopic (exact) mass is 299 g/mol. The van der Waals surface area contributed by atoms with Crippen LogP contribution in [0.15, 0.2) is 54.6 Å². The summed E-state index contributed by atoms with van der Waals surface area (Å²) in [6.45, 7) is 2.45. The predicted octanol–water partition coefficient (Wildman–Crippen LogP) is 4.59. The molecule has 1 nitrogen and oxygen atoms in total. The number of piperidine rings is 1. The van der Waals surface area contributed by atoms with Gasteiger partial charge in [0.05, 0.1) is 0 Å². The van der Waals surface area contributed by atoms with E-state index in [1.165, 1.54) is 37.9 Å². The van der Waals surface area contributed by atoms with Crippen molar-refractivity contribution < 1.29 is 0 Å². The Morgan fingerprint density at radius 3 is 2.38 bits per heavy atom. The average Bonchev–Trinajstić information content (AvgIpc) is 2.55. The van der Waals surface area contributed by atoms with Crippen LogP contribution in [-0.2, 0) is 6.42 Å². The lowest BCUT2D eigenvalue weighted by molar-refractivity contribution is 0.114. The summed E-state index contributed by atoms with van der Waals surface area (Å²) in [5.41, 5.74) is 4.69. The molecule has 2 atom stereocenters. The standard InChI is InChI=1S/C19H21N.ClH/c1-2-6-15(7-3-1)12-13-20-14-16-10-11-19(20)18-9-5-4-8-17(16)18;/h1-9,16,19H,10-14H2;1H. The van der Waals surface area contributed by atoms with Crippen LogP contribution in [0.3, 0.4) is 0 Å². The van der Waals surface area contributed by atoms with Gasteiger partial charge in [-0.05, 0) is 41.9 Å². The maximum Gasteiger partial charge on any atom is 0.0351 e. The largest absolute Gasteiger partial charge is 0.295 e. The van der Waals surface area contributed by atoms with Gasteiger partial charge in [0.15, 0.2) is 0 Å². The van der Waals surface area contributed by atoms with E-state index in [9.17, 15) is 0 Å². The van der Waals surface area contributed by atoms with Crippen molar-refractivity contribution in [3.8, 4) is 0 Å². The van der Waals surface area contributed by atoms with Gasteiger partial charge >= 0.3 is 0 Å². The number of fused-ring (bicyclic) bond motifs is 2. The highest BCUT2D eigenvalue weighted by Gasteiger charge is 2.37. The highest BCUT2D eigenvalue weighted by Crippen LogP contribution is 2.46. The first-order valence-corrected chi connectivity index (χ1v) is 7.78. The summed E-state index contributed by atoms with van der Waals surface area (Å²) in [4.78, 5) is 2.71. The molecule has 5 rings (SSSR count). The number of benzene rings is 2. The first-order chi connectivity index (χ1) is 9.92. The van der Waals surface area contributed by atoms with E-state index < -0.39 is 0 Å². The molecule has 0 radical (unpaired) electrons. The molecule has 0 amide bonds. The highest BCUT2D eigenvalue weighted by molar-refractivity contribution is 5.85. The van der Waals surface area contributed by atoms with E-state index in [-0.39, 0.29) is 12.4 Å². The van der Waals surface area contributed by atoms with Gasteiger partial charge < -0.3 is 0 Å². The van der Waals surface area contributed by atoms with Crippen molar-refractivity contribution >= 4 is 12.4 Å². The SMILES string of the molecule is Cl.c1ccc(CCN2CC3CCC2c2ccccc23)cc1. The van der Waals surface area contributed by atoms with E-state index in [0.717, 1.165) is 5.92 Å². The maximum absolute atomic E-state index is 2.71. The predicted molar refractivity (Wildman–Crippen MR) is 90.1 cm³/mol. The molecule has 2 aliphatic heterocycles. The number of rotatable bonds is 3. The zero-order valence-corrected chi connectivity index (χ0v) is 13.1. The van der Waals surface area contributed by atoms with Gasteiger partial charge in [-0.15, -0.1) is 12.4 Å². The average molecular weight is 300 g/mol. The minimum absolute atomic E-state index is 0. The van der Waals surface area contributed by atoms with Crippen LogP contribution in [0.5, 0.6) is 0 Å². The minimum Gasteiger partial charge on any atom is -0.295 e. The molecule has 2 unspecified atom stereocenters. The van der Waals surface area contributed by atoms with Gasteiger partial charge in [-0.25, -0.2) is 0 Å². The third-order valence-electron chi connectivity index (χ3n) is 5.01. The Morgan fingerprint density at radius 1 is 0.857 bits per heavy atom. The Kier molecular flexibility index (Phi) is 4.32. The summed E-state index contributed by atoms with van der Waals surface area (Å²) in [6.07, 6.45) is 3.90. The van der Waals surface area contributed by atoms with Gasteiger partial charge in [-0.3, -0.25) is 4.90 Å². The van der Waals surface area contributed by atoms with Crippen LogP contribution < -0.4 is 0 Å². The number of hydrogen-bond donors (Lipinski definition) is 0. The summed E-state index contributed by atoms with van der Waals surface area (Å²) in [5.74, 6) is 0.770. The molecular formula is C19H22ClN.